The molecule has 0 atom stereocenters. The molecule has 0 saturated carbocycles. The zero-order chi connectivity index (χ0) is 13.8. The largest absolute Gasteiger partial charge is 0.481 e. The van der Waals surface area contributed by atoms with Crippen molar-refractivity contribution in [1.29, 1.82) is 0 Å². The molecule has 1 saturated heterocycles. The summed E-state index contributed by atoms with van der Waals surface area (Å²) in [5.41, 5.74) is 0. The lowest BCUT2D eigenvalue weighted by molar-refractivity contribution is -0.138. The molecule has 1 aromatic heterocycles. The fraction of sp³-hybridized carbons (Fsp3) is 0.538. The zero-order valence-electron chi connectivity index (χ0n) is 10.5. The number of aliphatic carboxylic acids is 1. The first-order chi connectivity index (χ1) is 9.04. The maximum atomic E-state index is 12.1. The molecule has 2 rings (SSSR count). The van der Waals surface area contributed by atoms with Crippen LogP contribution in [0.1, 0.15) is 24.1 Å². The summed E-state index contributed by atoms with van der Waals surface area (Å²) in [7, 11) is 0. The summed E-state index contributed by atoms with van der Waals surface area (Å²) in [4.78, 5) is 25.5. The highest BCUT2D eigenvalue weighted by Crippen LogP contribution is 2.24. The van der Waals surface area contributed by atoms with Gasteiger partial charge in [0.15, 0.2) is 0 Å². The lowest BCUT2D eigenvalue weighted by Crippen LogP contribution is -2.39. The fourth-order valence-corrected chi connectivity index (χ4v) is 3.42. The molecule has 0 unspecified atom stereocenters. The number of thiophene rings is 1. The average Bonchev–Trinajstić information content (AvgIpc) is 2.75. The van der Waals surface area contributed by atoms with Gasteiger partial charge in [0.1, 0.15) is 0 Å². The summed E-state index contributed by atoms with van der Waals surface area (Å²) in [5, 5.41) is 8.75. The summed E-state index contributed by atoms with van der Waals surface area (Å²) >= 11 is 7.26. The number of nitrogens with zero attached hydrogens (tertiary/aromatic N) is 1. The number of hydrogen-bond donors (Lipinski definition) is 1. The van der Waals surface area contributed by atoms with Gasteiger partial charge in [0.05, 0.1) is 10.8 Å². The predicted octanol–water partition coefficient (Wildman–Crippen LogP) is 2.66. The van der Waals surface area contributed by atoms with Gasteiger partial charge in [-0.05, 0) is 30.9 Å². The van der Waals surface area contributed by atoms with Gasteiger partial charge in [0.25, 0.3) is 0 Å². The average molecular weight is 302 g/mol. The number of carboxylic acid groups (broad SMARTS) is 1. The van der Waals surface area contributed by atoms with Gasteiger partial charge in [-0.15, -0.1) is 11.3 Å². The standard InChI is InChI=1S/C13H16ClNO3S/c14-11-2-1-10(19-11)8-12(16)15-5-3-9(4-6-15)7-13(17)18/h1-2,9H,3-8H2,(H,17,18). The highest BCUT2D eigenvalue weighted by Gasteiger charge is 2.24. The number of rotatable bonds is 4. The van der Waals surface area contributed by atoms with Crippen molar-refractivity contribution in [3.05, 3.63) is 21.3 Å². The Morgan fingerprint density at radius 1 is 1.37 bits per heavy atom. The van der Waals surface area contributed by atoms with Gasteiger partial charge in [0.2, 0.25) is 5.91 Å². The van der Waals surface area contributed by atoms with Crippen molar-refractivity contribution < 1.29 is 14.7 Å². The molecule has 104 valence electrons. The molecule has 1 N–H and O–H groups in total. The van der Waals surface area contributed by atoms with Crippen LogP contribution in [-0.2, 0) is 16.0 Å². The quantitative estimate of drug-likeness (QED) is 0.930. The van der Waals surface area contributed by atoms with E-state index >= 15 is 0 Å². The van der Waals surface area contributed by atoms with E-state index in [1.807, 2.05) is 11.0 Å². The first-order valence-electron chi connectivity index (χ1n) is 6.28. The van der Waals surface area contributed by atoms with Crippen LogP contribution in [0.25, 0.3) is 0 Å². The van der Waals surface area contributed by atoms with E-state index < -0.39 is 5.97 Å². The second kappa shape index (κ2) is 6.39. The van der Waals surface area contributed by atoms with E-state index in [1.54, 1.807) is 6.07 Å². The molecule has 1 amide bonds. The number of halogens is 1. The minimum Gasteiger partial charge on any atom is -0.481 e. The summed E-state index contributed by atoms with van der Waals surface area (Å²) in [5.74, 6) is -0.442. The number of carbonyl (C=O) groups excluding carboxylic acids is 1. The molecule has 1 fully saturated rings. The second-order valence-corrected chi connectivity index (χ2v) is 6.60. The first kappa shape index (κ1) is 14.3. The third-order valence-electron chi connectivity index (χ3n) is 3.38. The van der Waals surface area contributed by atoms with Gasteiger partial charge >= 0.3 is 5.97 Å². The Labute approximate surface area is 121 Å². The molecule has 1 aromatic rings. The molecular weight excluding hydrogens is 286 g/mol. The van der Waals surface area contributed by atoms with Crippen molar-refractivity contribution in [3.8, 4) is 0 Å². The number of carbonyl (C=O) groups is 2. The molecule has 6 heteroatoms. The third-order valence-corrected chi connectivity index (χ3v) is 4.62. The van der Waals surface area contributed by atoms with Crippen molar-refractivity contribution >= 4 is 34.8 Å². The van der Waals surface area contributed by atoms with Crippen LogP contribution in [-0.4, -0.2) is 35.0 Å². The van der Waals surface area contributed by atoms with Crippen LogP contribution in [0.2, 0.25) is 4.34 Å². The molecule has 19 heavy (non-hydrogen) atoms. The minimum atomic E-state index is -0.752. The Morgan fingerprint density at radius 2 is 2.05 bits per heavy atom. The smallest absolute Gasteiger partial charge is 0.303 e. The maximum Gasteiger partial charge on any atom is 0.303 e. The number of piperidine rings is 1. The zero-order valence-corrected chi connectivity index (χ0v) is 12.0. The second-order valence-electron chi connectivity index (χ2n) is 4.80. The van der Waals surface area contributed by atoms with Crippen molar-refractivity contribution in [2.45, 2.75) is 25.7 Å². The van der Waals surface area contributed by atoms with E-state index in [0.717, 1.165) is 17.7 Å². The third kappa shape index (κ3) is 4.21. The summed E-state index contributed by atoms with van der Waals surface area (Å²) in [6.07, 6.45) is 2.16. The SMILES string of the molecule is O=C(O)CC1CCN(C(=O)Cc2ccc(Cl)s2)CC1. The van der Waals surface area contributed by atoms with Gasteiger partial charge in [0, 0.05) is 24.4 Å². The number of amides is 1. The van der Waals surface area contributed by atoms with Gasteiger partial charge in [-0.25, -0.2) is 0 Å². The molecule has 4 nitrogen and oxygen atoms in total. The van der Waals surface area contributed by atoms with Crippen LogP contribution in [0.3, 0.4) is 0 Å². The van der Waals surface area contributed by atoms with Crippen molar-refractivity contribution in [3.63, 3.8) is 0 Å². The van der Waals surface area contributed by atoms with E-state index in [9.17, 15) is 9.59 Å². The summed E-state index contributed by atoms with van der Waals surface area (Å²) in [6.45, 7) is 1.33. The summed E-state index contributed by atoms with van der Waals surface area (Å²) < 4.78 is 0.697. The molecule has 0 spiro atoms. The molecule has 0 aromatic carbocycles. The Balaban J connectivity index is 1.80. The van der Waals surface area contributed by atoms with Gasteiger partial charge in [-0.3, -0.25) is 9.59 Å². The number of carboxylic acids is 1. The Hall–Kier alpha value is -1.07. The first-order valence-corrected chi connectivity index (χ1v) is 7.48. The number of likely N-dealkylation sites (tertiary alicyclic amines) is 1. The molecule has 0 radical (unpaired) electrons. The maximum absolute atomic E-state index is 12.1. The normalized spacial score (nSPS) is 16.6. The van der Waals surface area contributed by atoms with Crippen LogP contribution >= 0.6 is 22.9 Å². The molecule has 0 bridgehead atoms. The van der Waals surface area contributed by atoms with Crippen molar-refractivity contribution in [2.24, 2.45) is 5.92 Å². The van der Waals surface area contributed by atoms with Gasteiger partial charge in [-0.1, -0.05) is 11.6 Å². The molecule has 1 aliphatic rings. The van der Waals surface area contributed by atoms with Crippen LogP contribution in [0.4, 0.5) is 0 Å². The van der Waals surface area contributed by atoms with Crippen molar-refractivity contribution in [2.75, 3.05) is 13.1 Å². The molecule has 2 heterocycles. The van der Waals surface area contributed by atoms with Crippen LogP contribution in [0, 0.1) is 5.92 Å². The fourth-order valence-electron chi connectivity index (χ4n) is 2.34. The van der Waals surface area contributed by atoms with E-state index in [4.69, 9.17) is 16.7 Å². The predicted molar refractivity (Wildman–Crippen MR) is 74.6 cm³/mol. The lowest BCUT2D eigenvalue weighted by atomic mass is 9.93. The highest BCUT2D eigenvalue weighted by atomic mass is 35.5. The topological polar surface area (TPSA) is 57.6 Å². The number of hydrogen-bond acceptors (Lipinski definition) is 3. The molecule has 1 aliphatic heterocycles. The Kier molecular flexibility index (Phi) is 4.82. The highest BCUT2D eigenvalue weighted by molar-refractivity contribution is 7.16. The van der Waals surface area contributed by atoms with Crippen molar-refractivity contribution in [1.82, 2.24) is 4.90 Å². The Bertz CT molecular complexity index is 466. The lowest BCUT2D eigenvalue weighted by Gasteiger charge is -2.31. The van der Waals surface area contributed by atoms with E-state index in [0.29, 0.717) is 23.8 Å². The molecule has 0 aliphatic carbocycles. The van der Waals surface area contributed by atoms with Gasteiger partial charge in [-0.2, -0.15) is 0 Å². The van der Waals surface area contributed by atoms with Gasteiger partial charge < -0.3 is 10.0 Å². The van der Waals surface area contributed by atoms with Crippen LogP contribution < -0.4 is 0 Å². The van der Waals surface area contributed by atoms with E-state index in [2.05, 4.69) is 0 Å². The summed E-state index contributed by atoms with van der Waals surface area (Å²) in [6, 6.07) is 3.68. The monoisotopic (exact) mass is 301 g/mol. The minimum absolute atomic E-state index is 0.104. The molecular formula is C13H16ClNO3S. The Morgan fingerprint density at radius 3 is 2.58 bits per heavy atom. The van der Waals surface area contributed by atoms with Crippen LogP contribution in [0.15, 0.2) is 12.1 Å². The van der Waals surface area contributed by atoms with E-state index in [-0.39, 0.29) is 18.2 Å². The van der Waals surface area contributed by atoms with E-state index in [1.165, 1.54) is 11.3 Å². The van der Waals surface area contributed by atoms with Crippen LogP contribution in [0.5, 0.6) is 0 Å².